The van der Waals surface area contributed by atoms with Crippen molar-refractivity contribution in [1.82, 2.24) is 10.2 Å². The van der Waals surface area contributed by atoms with E-state index in [1.807, 2.05) is 0 Å². The van der Waals surface area contributed by atoms with Crippen molar-refractivity contribution >= 4 is 43.5 Å². The molecule has 1 fully saturated rings. The van der Waals surface area contributed by atoms with Crippen LogP contribution in [0.2, 0.25) is 18.1 Å². The Morgan fingerprint density at radius 2 is 1.66 bits per heavy atom. The van der Waals surface area contributed by atoms with E-state index >= 15 is 0 Å². The molecule has 1 aromatic carbocycles. The second-order valence-electron chi connectivity index (χ2n) is 11.9. The number of unbranched alkanes of at least 4 members (excludes halogenated alkanes) is 2. The van der Waals surface area contributed by atoms with Gasteiger partial charge in [0, 0.05) is 19.4 Å². The number of rotatable bonds is 15. The third-order valence-corrected chi connectivity index (χ3v) is 12.3. The Hall–Kier alpha value is -2.93. The first-order chi connectivity index (χ1) is 19.3. The highest BCUT2D eigenvalue weighted by Gasteiger charge is 2.45. The molecule has 0 radical (unpaired) electrons. The summed E-state index contributed by atoms with van der Waals surface area (Å²) in [6.45, 7) is 13.8. The molecule has 5 amide bonds. The maximum absolute atomic E-state index is 13.1. The van der Waals surface area contributed by atoms with E-state index < -0.39 is 38.0 Å². The van der Waals surface area contributed by atoms with Gasteiger partial charge < -0.3 is 19.2 Å². The Morgan fingerprint density at radius 3 is 2.34 bits per heavy atom. The number of carbonyl (C=O) groups excluding carboxylic acids is 5. The second-order valence-corrected chi connectivity index (χ2v) is 16.7. The van der Waals surface area contributed by atoms with Crippen molar-refractivity contribution in [2.75, 3.05) is 38.4 Å². The monoisotopic (exact) mass is 589 g/mol. The SMILES string of the molecule is CC(C)(C)[Si](C)(C)OCCOCCOCCCCCC(=O)Nc1cccc2c1C(=O)N(C1CCC(=O)NC1=O)C2=O. The Labute approximate surface area is 242 Å². The number of nitrogens with one attached hydrogen (secondary N) is 2. The van der Waals surface area contributed by atoms with E-state index in [4.69, 9.17) is 13.9 Å². The fourth-order valence-electron chi connectivity index (χ4n) is 4.39. The molecule has 41 heavy (non-hydrogen) atoms. The number of benzene rings is 1. The van der Waals surface area contributed by atoms with E-state index in [1.54, 1.807) is 12.1 Å². The van der Waals surface area contributed by atoms with Gasteiger partial charge in [-0.15, -0.1) is 0 Å². The summed E-state index contributed by atoms with van der Waals surface area (Å²) in [5.74, 6) is -2.65. The Bertz CT molecular complexity index is 1150. The summed E-state index contributed by atoms with van der Waals surface area (Å²) in [6.07, 6.45) is 2.60. The largest absolute Gasteiger partial charge is 0.414 e. The number of piperidine rings is 1. The molecule has 0 saturated carbocycles. The van der Waals surface area contributed by atoms with E-state index in [2.05, 4.69) is 44.5 Å². The molecule has 2 N–H and O–H groups in total. The first-order valence-electron chi connectivity index (χ1n) is 14.3. The molecule has 0 aliphatic carbocycles. The maximum atomic E-state index is 13.1. The molecule has 226 valence electrons. The van der Waals surface area contributed by atoms with Crippen LogP contribution in [-0.4, -0.2) is 81.8 Å². The molecule has 0 spiro atoms. The molecule has 0 aromatic heterocycles. The number of hydrogen-bond acceptors (Lipinski definition) is 8. The fourth-order valence-corrected chi connectivity index (χ4v) is 5.42. The molecular formula is C29H43N3O8Si. The van der Waals surface area contributed by atoms with E-state index in [0.717, 1.165) is 17.7 Å². The number of nitrogens with zero attached hydrogens (tertiary/aromatic N) is 1. The molecule has 1 aromatic rings. The molecule has 12 heteroatoms. The minimum atomic E-state index is -1.75. The average Bonchev–Trinajstić information content (AvgIpc) is 3.14. The van der Waals surface area contributed by atoms with Crippen LogP contribution < -0.4 is 10.6 Å². The molecule has 1 saturated heterocycles. The van der Waals surface area contributed by atoms with Crippen molar-refractivity contribution < 1.29 is 37.9 Å². The van der Waals surface area contributed by atoms with Gasteiger partial charge in [0.2, 0.25) is 17.7 Å². The van der Waals surface area contributed by atoms with Crippen LogP contribution in [0, 0.1) is 0 Å². The van der Waals surface area contributed by atoms with Crippen molar-refractivity contribution in [2.24, 2.45) is 0 Å². The average molecular weight is 590 g/mol. The van der Waals surface area contributed by atoms with Crippen LogP contribution in [0.15, 0.2) is 18.2 Å². The molecular weight excluding hydrogens is 546 g/mol. The van der Waals surface area contributed by atoms with Crippen LogP contribution in [0.5, 0.6) is 0 Å². The van der Waals surface area contributed by atoms with Gasteiger partial charge in [0.05, 0.1) is 43.2 Å². The van der Waals surface area contributed by atoms with Crippen molar-refractivity contribution in [3.8, 4) is 0 Å². The molecule has 3 rings (SSSR count). The number of anilines is 1. The lowest BCUT2D eigenvalue weighted by Gasteiger charge is -2.36. The van der Waals surface area contributed by atoms with Crippen molar-refractivity contribution in [1.29, 1.82) is 0 Å². The highest BCUT2D eigenvalue weighted by atomic mass is 28.4. The van der Waals surface area contributed by atoms with Gasteiger partial charge >= 0.3 is 0 Å². The van der Waals surface area contributed by atoms with Gasteiger partial charge in [-0.05, 0) is 49.5 Å². The fraction of sp³-hybridized carbons (Fsp3) is 0.621. The summed E-state index contributed by atoms with van der Waals surface area (Å²) >= 11 is 0. The van der Waals surface area contributed by atoms with Crippen molar-refractivity contribution in [2.45, 2.75) is 83.5 Å². The van der Waals surface area contributed by atoms with Gasteiger partial charge in [0.15, 0.2) is 8.32 Å². The third kappa shape index (κ3) is 8.54. The van der Waals surface area contributed by atoms with E-state index in [0.29, 0.717) is 39.5 Å². The number of fused-ring (bicyclic) bond motifs is 1. The summed E-state index contributed by atoms with van der Waals surface area (Å²) in [4.78, 5) is 63.3. The van der Waals surface area contributed by atoms with E-state index in [9.17, 15) is 24.0 Å². The van der Waals surface area contributed by atoms with Crippen molar-refractivity contribution in [3.63, 3.8) is 0 Å². The van der Waals surface area contributed by atoms with Crippen LogP contribution in [0.1, 0.15) is 80.0 Å². The summed E-state index contributed by atoms with van der Waals surface area (Å²) in [7, 11) is -1.75. The third-order valence-electron chi connectivity index (χ3n) is 7.80. The number of carbonyl (C=O) groups is 5. The zero-order valence-electron chi connectivity index (χ0n) is 24.8. The summed E-state index contributed by atoms with van der Waals surface area (Å²) < 4.78 is 17.3. The summed E-state index contributed by atoms with van der Waals surface area (Å²) in [5.41, 5.74) is 0.429. The van der Waals surface area contributed by atoms with Gasteiger partial charge in [-0.2, -0.15) is 0 Å². The molecule has 1 unspecified atom stereocenters. The van der Waals surface area contributed by atoms with Crippen LogP contribution >= 0.6 is 0 Å². The van der Waals surface area contributed by atoms with Gasteiger partial charge in [-0.1, -0.05) is 33.3 Å². The molecule has 1 atom stereocenters. The maximum Gasteiger partial charge on any atom is 0.264 e. The predicted octanol–water partition coefficient (Wildman–Crippen LogP) is 3.64. The molecule has 2 heterocycles. The lowest BCUT2D eigenvalue weighted by molar-refractivity contribution is -0.136. The number of hydrogen-bond donors (Lipinski definition) is 2. The molecule has 2 aliphatic heterocycles. The zero-order valence-corrected chi connectivity index (χ0v) is 25.8. The number of ether oxygens (including phenoxy) is 2. The van der Waals surface area contributed by atoms with E-state index in [-0.39, 0.29) is 47.0 Å². The summed E-state index contributed by atoms with van der Waals surface area (Å²) in [5, 5.41) is 5.09. The van der Waals surface area contributed by atoms with Gasteiger partial charge in [-0.3, -0.25) is 34.2 Å². The Morgan fingerprint density at radius 1 is 0.976 bits per heavy atom. The molecule has 2 aliphatic rings. The van der Waals surface area contributed by atoms with Crippen LogP contribution in [0.3, 0.4) is 0 Å². The van der Waals surface area contributed by atoms with E-state index in [1.165, 1.54) is 6.07 Å². The Balaban J connectivity index is 1.32. The number of imide groups is 2. The normalized spacial score (nSPS) is 17.6. The quantitative estimate of drug-likeness (QED) is 0.180. The smallest absolute Gasteiger partial charge is 0.264 e. The minimum Gasteiger partial charge on any atom is -0.414 e. The molecule has 11 nitrogen and oxygen atoms in total. The minimum absolute atomic E-state index is 0.0409. The van der Waals surface area contributed by atoms with Gasteiger partial charge in [-0.25, -0.2) is 0 Å². The predicted molar refractivity (Wildman–Crippen MR) is 155 cm³/mol. The second kappa shape index (κ2) is 14.3. The van der Waals surface area contributed by atoms with Crippen molar-refractivity contribution in [3.05, 3.63) is 29.3 Å². The van der Waals surface area contributed by atoms with Crippen LogP contribution in [0.4, 0.5) is 5.69 Å². The standard InChI is InChI=1S/C29H43N3O8Si/c1-29(2,3)41(4,5)40-19-18-39-17-16-38-15-8-6-7-12-23(33)30-21-11-9-10-20-25(21)28(37)32(27(20)36)22-13-14-24(34)31-26(22)35/h9-11,22H,6-8,12-19H2,1-5H3,(H,30,33)(H,31,34,35). The first-order valence-corrected chi connectivity index (χ1v) is 17.2. The lowest BCUT2D eigenvalue weighted by Crippen LogP contribution is -2.54. The van der Waals surface area contributed by atoms with Gasteiger partial charge in [0.25, 0.3) is 11.8 Å². The topological polar surface area (TPSA) is 140 Å². The first kappa shape index (κ1) is 32.6. The molecule has 0 bridgehead atoms. The number of amides is 5. The van der Waals surface area contributed by atoms with Crippen LogP contribution in [-0.2, 0) is 28.3 Å². The highest BCUT2D eigenvalue weighted by molar-refractivity contribution is 6.74. The summed E-state index contributed by atoms with van der Waals surface area (Å²) in [6, 6.07) is 3.57. The lowest BCUT2D eigenvalue weighted by atomic mass is 10.0. The highest BCUT2D eigenvalue weighted by Crippen LogP contribution is 2.36. The zero-order chi connectivity index (χ0) is 30.2. The van der Waals surface area contributed by atoms with Gasteiger partial charge in [0.1, 0.15) is 6.04 Å². The van der Waals surface area contributed by atoms with Crippen LogP contribution in [0.25, 0.3) is 0 Å². The Kier molecular flexibility index (Phi) is 11.4.